The lowest BCUT2D eigenvalue weighted by molar-refractivity contribution is 0.0686. The van der Waals surface area contributed by atoms with Crippen LogP contribution in [0.25, 0.3) is 0 Å². The van der Waals surface area contributed by atoms with Crippen molar-refractivity contribution in [3.05, 3.63) is 69.2 Å². The average Bonchev–Trinajstić information content (AvgIpc) is 2.96. The number of hydrogen-bond acceptors (Lipinski definition) is 1. The molecule has 0 spiro atoms. The van der Waals surface area contributed by atoms with Gasteiger partial charge in [-0.1, -0.05) is 67.0 Å². The average molecular weight is 370 g/mol. The molecule has 4 rings (SSSR count). The van der Waals surface area contributed by atoms with Crippen molar-refractivity contribution >= 4 is 15.9 Å². The van der Waals surface area contributed by atoms with Gasteiger partial charge in [-0.05, 0) is 53.6 Å². The van der Waals surface area contributed by atoms with Crippen LogP contribution in [0, 0.1) is 0 Å². The van der Waals surface area contributed by atoms with E-state index in [4.69, 9.17) is 0 Å². The Morgan fingerprint density at radius 3 is 1.96 bits per heavy atom. The second kappa shape index (κ2) is 5.19. The Bertz CT molecular complexity index is 768. The number of fused-ring (bicyclic) bond motifs is 8. The lowest BCUT2D eigenvalue weighted by atomic mass is 9.71. The first-order valence-corrected chi connectivity index (χ1v) is 9.64. The largest absolute Gasteiger partial charge is 0.276 e. The van der Waals surface area contributed by atoms with E-state index in [-0.39, 0.29) is 11.1 Å². The summed E-state index contributed by atoms with van der Waals surface area (Å²) in [6, 6.07) is 16.1. The summed E-state index contributed by atoms with van der Waals surface area (Å²) < 4.78 is 1.19. The number of benzene rings is 2. The highest BCUT2D eigenvalue weighted by Gasteiger charge is 2.64. The van der Waals surface area contributed by atoms with Crippen molar-refractivity contribution in [3.8, 4) is 0 Å². The van der Waals surface area contributed by atoms with Gasteiger partial charge in [0.25, 0.3) is 0 Å². The molecule has 2 unspecified atom stereocenters. The van der Waals surface area contributed by atoms with Gasteiger partial charge in [-0.3, -0.25) is 4.90 Å². The molecule has 120 valence electrons. The van der Waals surface area contributed by atoms with Crippen LogP contribution >= 0.6 is 15.9 Å². The van der Waals surface area contributed by atoms with Crippen molar-refractivity contribution in [2.45, 2.75) is 51.1 Å². The maximum absolute atomic E-state index is 3.71. The third-order valence-corrected chi connectivity index (χ3v) is 6.58. The first-order valence-electron chi connectivity index (χ1n) is 8.85. The Morgan fingerprint density at radius 1 is 0.826 bits per heavy atom. The first-order chi connectivity index (χ1) is 11.2. The van der Waals surface area contributed by atoms with Crippen molar-refractivity contribution < 1.29 is 0 Å². The Labute approximate surface area is 147 Å². The lowest BCUT2D eigenvalue weighted by Crippen LogP contribution is -2.45. The van der Waals surface area contributed by atoms with Crippen molar-refractivity contribution in [3.63, 3.8) is 0 Å². The maximum Gasteiger partial charge on any atom is 0.0730 e. The molecule has 2 aromatic rings. The molecule has 2 aliphatic rings. The van der Waals surface area contributed by atoms with Crippen LogP contribution in [0.15, 0.2) is 46.9 Å². The number of halogens is 1. The van der Waals surface area contributed by atoms with E-state index in [1.807, 2.05) is 0 Å². The first kappa shape index (κ1) is 15.4. The van der Waals surface area contributed by atoms with Gasteiger partial charge in [-0.15, -0.1) is 0 Å². The highest BCUT2D eigenvalue weighted by Crippen LogP contribution is 2.65. The van der Waals surface area contributed by atoms with Crippen LogP contribution in [0.4, 0.5) is 0 Å². The molecule has 2 heterocycles. The minimum absolute atomic E-state index is 0.0434. The number of rotatable bonds is 4. The predicted molar refractivity (Wildman–Crippen MR) is 99.7 cm³/mol. The minimum atomic E-state index is 0.0434. The van der Waals surface area contributed by atoms with Crippen LogP contribution < -0.4 is 0 Å². The summed E-state index contributed by atoms with van der Waals surface area (Å²) in [6.07, 6.45) is 3.43. The van der Waals surface area contributed by atoms with Gasteiger partial charge in [0.2, 0.25) is 0 Å². The van der Waals surface area contributed by atoms with Crippen LogP contribution in [-0.4, -0.2) is 11.4 Å². The van der Waals surface area contributed by atoms with Crippen molar-refractivity contribution in [2.75, 3.05) is 6.54 Å². The summed E-state index contributed by atoms with van der Waals surface area (Å²) in [6.45, 7) is 8.14. The molecular weight excluding hydrogens is 346 g/mol. The molecule has 2 atom stereocenters. The molecule has 0 N–H and O–H groups in total. The van der Waals surface area contributed by atoms with Gasteiger partial charge < -0.3 is 0 Å². The third-order valence-electron chi connectivity index (χ3n) is 6.08. The normalized spacial score (nSPS) is 28.0. The highest BCUT2D eigenvalue weighted by atomic mass is 79.9. The van der Waals surface area contributed by atoms with E-state index in [1.54, 1.807) is 0 Å². The summed E-state index contributed by atoms with van der Waals surface area (Å²) in [5.41, 5.74) is 6.21. The van der Waals surface area contributed by atoms with E-state index < -0.39 is 0 Å². The summed E-state index contributed by atoms with van der Waals surface area (Å²) >= 11 is 3.71. The molecule has 2 aromatic carbocycles. The van der Waals surface area contributed by atoms with Crippen molar-refractivity contribution in [1.82, 2.24) is 4.90 Å². The third kappa shape index (κ3) is 1.62. The molecule has 0 radical (unpaired) electrons. The van der Waals surface area contributed by atoms with Crippen LogP contribution in [0.5, 0.6) is 0 Å². The fourth-order valence-electron chi connectivity index (χ4n) is 5.37. The molecule has 23 heavy (non-hydrogen) atoms. The smallest absolute Gasteiger partial charge is 0.0730 e. The molecular formula is C21H24BrN. The van der Waals surface area contributed by atoms with E-state index in [9.17, 15) is 0 Å². The van der Waals surface area contributed by atoms with Gasteiger partial charge in [0, 0.05) is 11.0 Å². The fourth-order valence-corrected chi connectivity index (χ4v) is 5.73. The minimum Gasteiger partial charge on any atom is -0.276 e. The van der Waals surface area contributed by atoms with E-state index >= 15 is 0 Å². The molecule has 1 nitrogen and oxygen atoms in total. The van der Waals surface area contributed by atoms with E-state index in [0.29, 0.717) is 0 Å². The van der Waals surface area contributed by atoms with Gasteiger partial charge in [0.1, 0.15) is 0 Å². The van der Waals surface area contributed by atoms with Gasteiger partial charge in [0.05, 0.1) is 11.1 Å². The van der Waals surface area contributed by atoms with Crippen molar-refractivity contribution in [2.24, 2.45) is 0 Å². The van der Waals surface area contributed by atoms with Crippen LogP contribution in [0.2, 0.25) is 0 Å². The van der Waals surface area contributed by atoms with E-state index in [1.165, 1.54) is 33.1 Å². The van der Waals surface area contributed by atoms with Gasteiger partial charge >= 0.3 is 0 Å². The quantitative estimate of drug-likeness (QED) is 0.658. The van der Waals surface area contributed by atoms with Gasteiger partial charge in [-0.2, -0.15) is 0 Å². The van der Waals surface area contributed by atoms with Crippen LogP contribution in [0.3, 0.4) is 0 Å². The molecule has 0 saturated heterocycles. The van der Waals surface area contributed by atoms with E-state index in [2.05, 4.69) is 84.1 Å². The zero-order valence-electron chi connectivity index (χ0n) is 14.2. The zero-order valence-corrected chi connectivity index (χ0v) is 15.8. The topological polar surface area (TPSA) is 3.24 Å². The summed E-state index contributed by atoms with van der Waals surface area (Å²) in [7, 11) is 0. The lowest BCUT2D eigenvalue weighted by Gasteiger charge is -2.40. The van der Waals surface area contributed by atoms with E-state index in [0.717, 1.165) is 19.4 Å². The molecule has 2 bridgehead atoms. The molecule has 2 heteroatoms. The Morgan fingerprint density at radius 2 is 1.39 bits per heavy atom. The predicted octanol–water partition coefficient (Wildman–Crippen LogP) is 5.80. The molecule has 0 aromatic heterocycles. The maximum atomic E-state index is 3.71. The zero-order chi connectivity index (χ0) is 16.2. The molecule has 2 aliphatic heterocycles. The van der Waals surface area contributed by atoms with Gasteiger partial charge in [0.15, 0.2) is 0 Å². The second-order valence-corrected chi connectivity index (χ2v) is 7.73. The highest BCUT2D eigenvalue weighted by molar-refractivity contribution is 9.10. The standard InChI is InChI=1S/C21H24BrN/c1-4-13-23-20(5-2)16-9-7-8-10-17(16)21(23,6-3)19-14-15(22)11-12-18(19)20/h7-12,14H,4-6,13H2,1-3H3. The summed E-state index contributed by atoms with van der Waals surface area (Å²) in [5, 5.41) is 0. The van der Waals surface area contributed by atoms with Crippen LogP contribution in [-0.2, 0) is 11.1 Å². The molecule has 0 aliphatic carbocycles. The Balaban J connectivity index is 2.12. The molecule has 0 saturated carbocycles. The van der Waals surface area contributed by atoms with Crippen LogP contribution in [0.1, 0.15) is 62.3 Å². The van der Waals surface area contributed by atoms with Gasteiger partial charge in [-0.25, -0.2) is 0 Å². The number of nitrogens with zero attached hydrogens (tertiary/aromatic N) is 1. The SMILES string of the molecule is CCCN1C2(CC)c3ccccc3C1(CC)c1cc(Br)ccc12. The monoisotopic (exact) mass is 369 g/mol. The Hall–Kier alpha value is -1.12. The number of hydrogen-bond donors (Lipinski definition) is 0. The fraction of sp³-hybridized carbons (Fsp3) is 0.429. The van der Waals surface area contributed by atoms with Crippen molar-refractivity contribution in [1.29, 1.82) is 0 Å². The summed E-state index contributed by atoms with van der Waals surface area (Å²) in [4.78, 5) is 2.81. The second-order valence-electron chi connectivity index (χ2n) is 6.81. The molecule has 0 amide bonds. The molecule has 0 fully saturated rings. The Kier molecular flexibility index (Phi) is 3.48. The summed E-state index contributed by atoms with van der Waals surface area (Å²) in [5.74, 6) is 0.